The van der Waals surface area contributed by atoms with Crippen LogP contribution in [-0.2, 0) is 12.4 Å². The maximum Gasteiger partial charge on any atom is 0.0991 e. The molecular formula is C16H14Cl2N2. The van der Waals surface area contributed by atoms with Crippen molar-refractivity contribution in [2.45, 2.75) is 12.4 Å². The molecule has 0 radical (unpaired) electrons. The number of nitriles is 1. The van der Waals surface area contributed by atoms with E-state index in [0.29, 0.717) is 23.0 Å². The van der Waals surface area contributed by atoms with Gasteiger partial charge < -0.3 is 4.90 Å². The number of anilines is 1. The number of halogens is 2. The van der Waals surface area contributed by atoms with Gasteiger partial charge in [-0.25, -0.2) is 0 Å². The molecule has 2 rings (SSSR count). The van der Waals surface area contributed by atoms with E-state index in [4.69, 9.17) is 28.5 Å². The lowest BCUT2D eigenvalue weighted by Gasteiger charge is -2.21. The van der Waals surface area contributed by atoms with Crippen LogP contribution in [-0.4, -0.2) is 7.05 Å². The van der Waals surface area contributed by atoms with Crippen LogP contribution in [0.1, 0.15) is 16.7 Å². The third kappa shape index (κ3) is 3.45. The highest BCUT2D eigenvalue weighted by Crippen LogP contribution is 2.27. The largest absolute Gasteiger partial charge is 0.369 e. The Morgan fingerprint density at radius 1 is 1.15 bits per heavy atom. The van der Waals surface area contributed by atoms with E-state index in [1.165, 1.54) is 0 Å². The van der Waals surface area contributed by atoms with Crippen LogP contribution in [0.3, 0.4) is 0 Å². The first-order valence-corrected chi connectivity index (χ1v) is 7.10. The second-order valence-electron chi connectivity index (χ2n) is 4.59. The molecule has 4 heteroatoms. The van der Waals surface area contributed by atoms with Crippen LogP contribution in [0.25, 0.3) is 0 Å². The molecule has 0 saturated carbocycles. The fourth-order valence-electron chi connectivity index (χ4n) is 2.04. The van der Waals surface area contributed by atoms with Crippen LogP contribution < -0.4 is 4.90 Å². The maximum atomic E-state index is 8.92. The summed E-state index contributed by atoms with van der Waals surface area (Å²) >= 11 is 12.1. The third-order valence-corrected chi connectivity index (χ3v) is 3.66. The van der Waals surface area contributed by atoms with Gasteiger partial charge in [-0.2, -0.15) is 5.26 Å². The van der Waals surface area contributed by atoms with Gasteiger partial charge in [0.25, 0.3) is 0 Å². The SMILES string of the molecule is CN(Cc1cccc(C#N)c1)c1ccc(CCl)cc1Cl. The van der Waals surface area contributed by atoms with E-state index < -0.39 is 0 Å². The number of benzene rings is 2. The van der Waals surface area contributed by atoms with Crippen molar-refractivity contribution >= 4 is 28.9 Å². The molecular weight excluding hydrogens is 291 g/mol. The summed E-state index contributed by atoms with van der Waals surface area (Å²) < 4.78 is 0. The molecule has 0 bridgehead atoms. The molecule has 0 heterocycles. The van der Waals surface area contributed by atoms with Crippen molar-refractivity contribution in [2.75, 3.05) is 11.9 Å². The average Bonchev–Trinajstić information content (AvgIpc) is 2.47. The van der Waals surface area contributed by atoms with E-state index in [0.717, 1.165) is 16.8 Å². The summed E-state index contributed by atoms with van der Waals surface area (Å²) in [4.78, 5) is 2.05. The highest BCUT2D eigenvalue weighted by Gasteiger charge is 2.08. The van der Waals surface area contributed by atoms with Gasteiger partial charge in [0.2, 0.25) is 0 Å². The molecule has 0 aliphatic heterocycles. The van der Waals surface area contributed by atoms with Crippen LogP contribution in [0.2, 0.25) is 5.02 Å². The molecule has 0 saturated heterocycles. The molecule has 0 atom stereocenters. The first-order valence-electron chi connectivity index (χ1n) is 6.18. The minimum atomic E-state index is 0.452. The molecule has 0 aliphatic carbocycles. The Bertz CT molecular complexity index is 647. The van der Waals surface area contributed by atoms with Gasteiger partial charge in [0.05, 0.1) is 22.3 Å². The molecule has 2 nitrogen and oxygen atoms in total. The van der Waals surface area contributed by atoms with E-state index in [9.17, 15) is 0 Å². The van der Waals surface area contributed by atoms with Crippen LogP contribution in [0.15, 0.2) is 42.5 Å². The minimum Gasteiger partial charge on any atom is -0.369 e. The molecule has 0 unspecified atom stereocenters. The van der Waals surface area contributed by atoms with Gasteiger partial charge in [0.15, 0.2) is 0 Å². The molecule has 2 aromatic rings. The first kappa shape index (κ1) is 14.7. The van der Waals surface area contributed by atoms with E-state index in [-0.39, 0.29) is 0 Å². The van der Waals surface area contributed by atoms with Gasteiger partial charge in [0.1, 0.15) is 0 Å². The summed E-state index contributed by atoms with van der Waals surface area (Å²) in [5, 5.41) is 9.60. The molecule has 0 aromatic heterocycles. The number of alkyl halides is 1. The Morgan fingerprint density at radius 3 is 2.60 bits per heavy atom. The van der Waals surface area contributed by atoms with Crippen molar-refractivity contribution in [1.29, 1.82) is 5.26 Å². The lowest BCUT2D eigenvalue weighted by molar-refractivity contribution is 0.922. The molecule has 0 amide bonds. The zero-order chi connectivity index (χ0) is 14.5. The van der Waals surface area contributed by atoms with Gasteiger partial charge in [-0.15, -0.1) is 11.6 Å². The molecule has 102 valence electrons. The van der Waals surface area contributed by atoms with Crippen LogP contribution >= 0.6 is 23.2 Å². The first-order chi connectivity index (χ1) is 9.63. The topological polar surface area (TPSA) is 27.0 Å². The second-order valence-corrected chi connectivity index (χ2v) is 5.26. The Balaban J connectivity index is 2.19. The predicted octanol–water partition coefficient (Wildman–Crippen LogP) is 4.59. The summed E-state index contributed by atoms with van der Waals surface area (Å²) in [6, 6.07) is 15.5. The van der Waals surface area contributed by atoms with Crippen molar-refractivity contribution in [2.24, 2.45) is 0 Å². The van der Waals surface area contributed by atoms with Crippen molar-refractivity contribution in [3.05, 3.63) is 64.2 Å². The van der Waals surface area contributed by atoms with E-state index in [1.54, 1.807) is 6.07 Å². The molecule has 0 N–H and O–H groups in total. The smallest absolute Gasteiger partial charge is 0.0991 e. The number of rotatable bonds is 4. The highest BCUT2D eigenvalue weighted by atomic mass is 35.5. The molecule has 0 fully saturated rings. The van der Waals surface area contributed by atoms with Gasteiger partial charge >= 0.3 is 0 Å². The van der Waals surface area contributed by atoms with Gasteiger partial charge in [0, 0.05) is 19.5 Å². The molecule has 20 heavy (non-hydrogen) atoms. The van der Waals surface area contributed by atoms with E-state index >= 15 is 0 Å². The summed E-state index contributed by atoms with van der Waals surface area (Å²) in [5.41, 5.74) is 3.69. The quantitative estimate of drug-likeness (QED) is 0.773. The maximum absolute atomic E-state index is 8.92. The number of nitrogens with zero attached hydrogens (tertiary/aromatic N) is 2. The summed E-state index contributed by atoms with van der Waals surface area (Å²) in [6.07, 6.45) is 0. The highest BCUT2D eigenvalue weighted by molar-refractivity contribution is 6.33. The van der Waals surface area contributed by atoms with Gasteiger partial charge in [-0.05, 0) is 35.4 Å². The lowest BCUT2D eigenvalue weighted by Crippen LogP contribution is -2.16. The van der Waals surface area contributed by atoms with Crippen molar-refractivity contribution in [1.82, 2.24) is 0 Å². The fraction of sp³-hybridized carbons (Fsp3) is 0.188. The standard InChI is InChI=1S/C16H14Cl2N2/c1-20(11-14-4-2-3-13(7-14)10-19)16-6-5-12(9-17)8-15(16)18/h2-8H,9,11H2,1H3. The predicted molar refractivity (Wildman–Crippen MR) is 84.3 cm³/mol. The molecule has 2 aromatic carbocycles. The minimum absolute atomic E-state index is 0.452. The summed E-state index contributed by atoms with van der Waals surface area (Å²) in [7, 11) is 1.97. The van der Waals surface area contributed by atoms with E-state index in [2.05, 4.69) is 11.0 Å². The average molecular weight is 305 g/mol. The zero-order valence-electron chi connectivity index (χ0n) is 11.1. The Kier molecular flexibility index (Phi) is 4.89. The van der Waals surface area contributed by atoms with Crippen LogP contribution in [0.5, 0.6) is 0 Å². The number of hydrogen-bond acceptors (Lipinski definition) is 2. The normalized spacial score (nSPS) is 10.1. The van der Waals surface area contributed by atoms with Gasteiger partial charge in [-0.3, -0.25) is 0 Å². The second kappa shape index (κ2) is 6.65. The van der Waals surface area contributed by atoms with Crippen molar-refractivity contribution in [3.8, 4) is 6.07 Å². The zero-order valence-corrected chi connectivity index (χ0v) is 12.6. The monoisotopic (exact) mass is 304 g/mol. The fourth-order valence-corrected chi connectivity index (χ4v) is 2.56. The Hall–Kier alpha value is -1.69. The van der Waals surface area contributed by atoms with Crippen molar-refractivity contribution < 1.29 is 0 Å². The Labute approximate surface area is 129 Å². The van der Waals surface area contributed by atoms with Crippen LogP contribution in [0.4, 0.5) is 5.69 Å². The summed E-state index contributed by atoms with van der Waals surface area (Å²) in [5.74, 6) is 0.452. The number of hydrogen-bond donors (Lipinski definition) is 0. The molecule has 0 spiro atoms. The third-order valence-electron chi connectivity index (χ3n) is 3.05. The lowest BCUT2D eigenvalue weighted by atomic mass is 10.1. The van der Waals surface area contributed by atoms with E-state index in [1.807, 2.05) is 43.4 Å². The molecule has 0 aliphatic rings. The van der Waals surface area contributed by atoms with Crippen molar-refractivity contribution in [3.63, 3.8) is 0 Å². The Morgan fingerprint density at radius 2 is 1.95 bits per heavy atom. The van der Waals surface area contributed by atoms with Crippen LogP contribution in [0, 0.1) is 11.3 Å². The summed E-state index contributed by atoms with van der Waals surface area (Å²) in [6.45, 7) is 0.690. The van der Waals surface area contributed by atoms with Gasteiger partial charge in [-0.1, -0.05) is 29.8 Å².